The zero-order valence-electron chi connectivity index (χ0n) is 17.4. The van der Waals surface area contributed by atoms with Gasteiger partial charge in [0.2, 0.25) is 0 Å². The summed E-state index contributed by atoms with van der Waals surface area (Å²) in [6.07, 6.45) is 8.05. The molecule has 0 unspecified atom stereocenters. The van der Waals surface area contributed by atoms with Gasteiger partial charge >= 0.3 is 0 Å². The summed E-state index contributed by atoms with van der Waals surface area (Å²) in [6, 6.07) is 24.3. The third-order valence-corrected chi connectivity index (χ3v) is 5.90. The molecule has 0 atom stereocenters. The Kier molecular flexibility index (Phi) is 4.86. The van der Waals surface area contributed by atoms with Crippen LogP contribution in [0.15, 0.2) is 72.8 Å². The lowest BCUT2D eigenvalue weighted by molar-refractivity contribution is 1.20. The van der Waals surface area contributed by atoms with Crippen LogP contribution < -0.4 is 0 Å². The highest BCUT2D eigenvalue weighted by Crippen LogP contribution is 2.17. The Hall–Kier alpha value is -4.36. The van der Waals surface area contributed by atoms with Gasteiger partial charge in [0.05, 0.1) is 27.5 Å². The summed E-state index contributed by atoms with van der Waals surface area (Å²) in [7, 11) is 0. The number of aromatic nitrogens is 6. The van der Waals surface area contributed by atoms with Gasteiger partial charge in [-0.05, 0) is 96.5 Å². The van der Waals surface area contributed by atoms with Gasteiger partial charge in [0.15, 0.2) is 0 Å². The molecule has 33 heavy (non-hydrogen) atoms. The first kappa shape index (κ1) is 19.3. The lowest BCUT2D eigenvalue weighted by Gasteiger charge is -1.86. The molecule has 0 aliphatic carbocycles. The van der Waals surface area contributed by atoms with Crippen molar-refractivity contribution in [1.82, 2.24) is 29.5 Å². The van der Waals surface area contributed by atoms with E-state index in [1.165, 1.54) is 11.5 Å². The molecule has 0 fully saturated rings. The van der Waals surface area contributed by atoms with E-state index < -0.39 is 0 Å². The first-order valence-corrected chi connectivity index (χ1v) is 11.3. The summed E-state index contributed by atoms with van der Waals surface area (Å²) in [4.78, 5) is 16.0. The maximum Gasteiger partial charge on any atom is 0.105 e. The van der Waals surface area contributed by atoms with Crippen molar-refractivity contribution in [3.63, 3.8) is 0 Å². The van der Waals surface area contributed by atoms with E-state index >= 15 is 0 Å². The number of H-pyrrole nitrogens is 2. The minimum absolute atomic E-state index is 0.915. The smallest absolute Gasteiger partial charge is 0.105 e. The molecule has 1 aromatic carbocycles. The van der Waals surface area contributed by atoms with Gasteiger partial charge in [-0.15, -0.1) is 5.10 Å². The molecule has 158 valence electrons. The van der Waals surface area contributed by atoms with Crippen LogP contribution in [0.3, 0.4) is 0 Å². The Morgan fingerprint density at radius 3 is 1.64 bits per heavy atom. The first-order chi connectivity index (χ1) is 16.3. The number of rotatable bonds is 0. The fourth-order valence-electron chi connectivity index (χ4n) is 3.67. The largest absolute Gasteiger partial charge is 0.355 e. The van der Waals surface area contributed by atoms with Gasteiger partial charge in [0, 0.05) is 22.1 Å². The molecular formula is C26H18N6S. The summed E-state index contributed by atoms with van der Waals surface area (Å²) >= 11 is 1.43. The SMILES string of the molecule is C1=Cc2cc3ccc(cc4ccc(cc5nc(cc1n2)C=C5)[nH]4)[nH]3.c1ccc2snnc2c1. The average molecular weight is 447 g/mol. The van der Waals surface area contributed by atoms with E-state index in [4.69, 9.17) is 0 Å². The molecule has 0 radical (unpaired) electrons. The number of hydrogen-bond donors (Lipinski definition) is 2. The van der Waals surface area contributed by atoms with Crippen LogP contribution in [0.4, 0.5) is 0 Å². The fraction of sp³-hybridized carbons (Fsp3) is 0. The van der Waals surface area contributed by atoms with Crippen molar-refractivity contribution in [2.75, 3.05) is 0 Å². The maximum absolute atomic E-state index is 4.62. The highest BCUT2D eigenvalue weighted by atomic mass is 32.1. The Labute approximate surface area is 193 Å². The molecule has 5 aromatic rings. The third-order valence-electron chi connectivity index (χ3n) is 5.19. The van der Waals surface area contributed by atoms with Crippen LogP contribution in [0.2, 0.25) is 0 Å². The Morgan fingerprint density at radius 1 is 0.545 bits per heavy atom. The molecule has 0 amide bonds. The van der Waals surface area contributed by atoms with Gasteiger partial charge in [0.1, 0.15) is 5.52 Å². The van der Waals surface area contributed by atoms with Crippen molar-refractivity contribution in [2.45, 2.75) is 0 Å². The molecule has 8 bridgehead atoms. The van der Waals surface area contributed by atoms with E-state index in [9.17, 15) is 0 Å². The van der Waals surface area contributed by atoms with Crippen LogP contribution >= 0.6 is 11.5 Å². The quantitative estimate of drug-likeness (QED) is 0.284. The van der Waals surface area contributed by atoms with Gasteiger partial charge in [-0.2, -0.15) is 0 Å². The van der Waals surface area contributed by atoms with E-state index in [0.717, 1.165) is 55.1 Å². The zero-order chi connectivity index (χ0) is 22.0. The van der Waals surface area contributed by atoms with Crippen LogP contribution in [0.1, 0.15) is 22.8 Å². The van der Waals surface area contributed by atoms with Crippen LogP contribution in [0.5, 0.6) is 0 Å². The van der Waals surface area contributed by atoms with Gasteiger partial charge in [-0.3, -0.25) is 0 Å². The zero-order valence-corrected chi connectivity index (χ0v) is 18.3. The number of nitrogens with zero attached hydrogens (tertiary/aromatic N) is 4. The van der Waals surface area contributed by atoms with E-state index in [1.54, 1.807) is 0 Å². The second kappa shape index (κ2) is 8.29. The second-order valence-electron chi connectivity index (χ2n) is 7.65. The molecule has 7 heteroatoms. The molecule has 2 aliphatic heterocycles. The molecule has 2 N–H and O–H groups in total. The maximum atomic E-state index is 4.62. The van der Waals surface area contributed by atoms with Crippen molar-refractivity contribution < 1.29 is 0 Å². The summed E-state index contributed by atoms with van der Waals surface area (Å²) in [5, 5.41) is 3.89. The fourth-order valence-corrected chi connectivity index (χ4v) is 4.23. The molecule has 6 heterocycles. The minimum atomic E-state index is 0.915. The number of benzene rings is 1. The second-order valence-corrected chi connectivity index (χ2v) is 8.43. The van der Waals surface area contributed by atoms with Gasteiger partial charge in [0.25, 0.3) is 0 Å². The van der Waals surface area contributed by atoms with Crippen molar-refractivity contribution in [3.05, 3.63) is 95.6 Å². The number of nitrogens with one attached hydrogen (secondary N) is 2. The summed E-state index contributed by atoms with van der Waals surface area (Å²) in [6.45, 7) is 0. The highest BCUT2D eigenvalue weighted by molar-refractivity contribution is 7.12. The van der Waals surface area contributed by atoms with Gasteiger partial charge < -0.3 is 9.97 Å². The summed E-state index contributed by atoms with van der Waals surface area (Å²) < 4.78 is 4.94. The molecule has 4 aromatic heterocycles. The summed E-state index contributed by atoms with van der Waals surface area (Å²) in [5.74, 6) is 0. The standard InChI is InChI=1S/C20H14N4.C6H4N2S/c1-2-14-10-16-5-6-18(23-16)12-20-8-7-19(24-20)11-17-4-3-15(22-17)9-13(1)21-14;1-2-4-6-5(3-1)7-8-9-6/h1-12,21-22H;1-4H. The lowest BCUT2D eigenvalue weighted by Crippen LogP contribution is -1.77. The molecular weight excluding hydrogens is 428 g/mol. The molecule has 0 saturated carbocycles. The van der Waals surface area contributed by atoms with Crippen molar-refractivity contribution in [1.29, 1.82) is 0 Å². The van der Waals surface area contributed by atoms with Crippen molar-refractivity contribution in [2.24, 2.45) is 0 Å². The number of hydrogen-bond acceptors (Lipinski definition) is 5. The Morgan fingerprint density at radius 2 is 1.06 bits per heavy atom. The summed E-state index contributed by atoms with van der Waals surface area (Å²) in [5.41, 5.74) is 8.85. The minimum Gasteiger partial charge on any atom is -0.355 e. The van der Waals surface area contributed by atoms with E-state index in [2.05, 4.69) is 59.9 Å². The molecule has 6 nitrogen and oxygen atoms in total. The van der Waals surface area contributed by atoms with Crippen LogP contribution in [0.25, 0.3) is 56.6 Å². The third kappa shape index (κ3) is 4.35. The van der Waals surface area contributed by atoms with Crippen LogP contribution in [0, 0.1) is 0 Å². The molecule has 7 rings (SSSR count). The number of aromatic amines is 2. The van der Waals surface area contributed by atoms with Gasteiger partial charge in [-0.25, -0.2) is 9.97 Å². The van der Waals surface area contributed by atoms with Crippen molar-refractivity contribution >= 4 is 68.1 Å². The normalized spacial score (nSPS) is 12.0. The van der Waals surface area contributed by atoms with Crippen LogP contribution in [-0.2, 0) is 0 Å². The molecule has 2 aliphatic rings. The molecule has 0 spiro atoms. The van der Waals surface area contributed by atoms with Crippen LogP contribution in [-0.4, -0.2) is 29.5 Å². The van der Waals surface area contributed by atoms with Crippen molar-refractivity contribution in [3.8, 4) is 0 Å². The molecule has 0 saturated heterocycles. The predicted octanol–water partition coefficient (Wildman–Crippen LogP) is 6.35. The predicted molar refractivity (Wildman–Crippen MR) is 136 cm³/mol. The van der Waals surface area contributed by atoms with E-state index in [-0.39, 0.29) is 0 Å². The number of fused-ring (bicyclic) bond motifs is 9. The van der Waals surface area contributed by atoms with E-state index in [1.807, 2.05) is 66.8 Å². The van der Waals surface area contributed by atoms with E-state index in [0.29, 0.717) is 0 Å². The first-order valence-electron chi connectivity index (χ1n) is 10.5. The lowest BCUT2D eigenvalue weighted by atomic mass is 10.3. The van der Waals surface area contributed by atoms with Gasteiger partial charge in [-0.1, -0.05) is 16.6 Å². The topological polar surface area (TPSA) is 83.1 Å². The Balaban J connectivity index is 0.000000192. The monoisotopic (exact) mass is 446 g/mol. The average Bonchev–Trinajstić information content (AvgIpc) is 3.63. The Bertz CT molecular complexity index is 1570. The highest BCUT2D eigenvalue weighted by Gasteiger charge is 2.02.